The van der Waals surface area contributed by atoms with Gasteiger partial charge >= 0.3 is 0 Å². The maximum Gasteiger partial charge on any atom is 0.0300 e. The van der Waals surface area contributed by atoms with Gasteiger partial charge in [-0.2, -0.15) is 0 Å². The van der Waals surface area contributed by atoms with Gasteiger partial charge in [0.05, 0.1) is 0 Å². The van der Waals surface area contributed by atoms with Crippen molar-refractivity contribution in [2.24, 2.45) is 0 Å². The van der Waals surface area contributed by atoms with Crippen LogP contribution in [-0.2, 0) is 6.54 Å². The van der Waals surface area contributed by atoms with Crippen LogP contribution >= 0.6 is 0 Å². The molecule has 1 saturated carbocycles. The van der Waals surface area contributed by atoms with Crippen molar-refractivity contribution in [1.29, 1.82) is 0 Å². The van der Waals surface area contributed by atoms with Crippen LogP contribution in [0.2, 0.25) is 0 Å². The average molecular weight is 176 g/mol. The minimum Gasteiger partial charge on any atom is -0.310 e. The van der Waals surface area contributed by atoms with Gasteiger partial charge < -0.3 is 5.32 Å². The number of rotatable bonds is 3. The van der Waals surface area contributed by atoms with Crippen molar-refractivity contribution in [3.63, 3.8) is 0 Å². The molecule has 1 fully saturated rings. The van der Waals surface area contributed by atoms with E-state index in [1.54, 1.807) is 0 Å². The Bertz CT molecular complexity index is 279. The molecule has 1 aromatic heterocycles. The summed E-state index contributed by atoms with van der Waals surface area (Å²) in [6.45, 7) is 3.11. The normalized spacial score (nSPS) is 17.0. The van der Waals surface area contributed by atoms with E-state index in [0.717, 1.165) is 12.6 Å². The van der Waals surface area contributed by atoms with Gasteiger partial charge in [0, 0.05) is 25.0 Å². The Balaban J connectivity index is 1.89. The largest absolute Gasteiger partial charge is 0.310 e. The lowest BCUT2D eigenvalue weighted by molar-refractivity contribution is 0.338. The summed E-state index contributed by atoms with van der Waals surface area (Å²) < 4.78 is 0. The highest BCUT2D eigenvalue weighted by Gasteiger charge is 2.16. The summed E-state index contributed by atoms with van der Waals surface area (Å²) in [5.41, 5.74) is 2.66. The van der Waals surface area contributed by atoms with Crippen LogP contribution in [0.25, 0.3) is 0 Å². The number of pyridine rings is 1. The van der Waals surface area contributed by atoms with Crippen molar-refractivity contribution in [2.45, 2.75) is 38.8 Å². The zero-order chi connectivity index (χ0) is 9.10. The van der Waals surface area contributed by atoms with E-state index in [1.165, 1.54) is 30.4 Å². The predicted molar refractivity (Wildman–Crippen MR) is 53.5 cm³/mol. The third kappa shape index (κ3) is 2.07. The molecule has 1 N–H and O–H groups in total. The van der Waals surface area contributed by atoms with E-state index in [2.05, 4.69) is 23.3 Å². The molecule has 0 unspecified atom stereocenters. The van der Waals surface area contributed by atoms with Crippen molar-refractivity contribution in [1.82, 2.24) is 10.3 Å². The van der Waals surface area contributed by atoms with Gasteiger partial charge in [0.15, 0.2) is 0 Å². The highest BCUT2D eigenvalue weighted by atomic mass is 14.9. The van der Waals surface area contributed by atoms with Crippen molar-refractivity contribution >= 4 is 0 Å². The molecule has 2 heteroatoms. The van der Waals surface area contributed by atoms with E-state index in [-0.39, 0.29) is 0 Å². The van der Waals surface area contributed by atoms with Crippen LogP contribution in [0, 0.1) is 6.92 Å². The van der Waals surface area contributed by atoms with E-state index >= 15 is 0 Å². The Morgan fingerprint density at radius 2 is 2.38 bits per heavy atom. The molecule has 1 aliphatic carbocycles. The Kier molecular flexibility index (Phi) is 2.60. The first kappa shape index (κ1) is 8.70. The van der Waals surface area contributed by atoms with Gasteiger partial charge in [0.1, 0.15) is 0 Å². The van der Waals surface area contributed by atoms with Gasteiger partial charge in [0.25, 0.3) is 0 Å². The highest BCUT2D eigenvalue weighted by molar-refractivity contribution is 5.21. The van der Waals surface area contributed by atoms with E-state index in [0.29, 0.717) is 0 Å². The molecule has 0 spiro atoms. The van der Waals surface area contributed by atoms with Crippen molar-refractivity contribution in [2.75, 3.05) is 0 Å². The van der Waals surface area contributed by atoms with E-state index in [4.69, 9.17) is 0 Å². The third-order valence-electron chi connectivity index (χ3n) is 2.82. The second kappa shape index (κ2) is 3.88. The maximum atomic E-state index is 4.08. The lowest BCUT2D eigenvalue weighted by atomic mass is 9.93. The first-order valence-corrected chi connectivity index (χ1v) is 4.99. The molecule has 0 bridgehead atoms. The second-order valence-corrected chi connectivity index (χ2v) is 3.81. The maximum absolute atomic E-state index is 4.08. The van der Waals surface area contributed by atoms with Gasteiger partial charge in [-0.3, -0.25) is 4.98 Å². The van der Waals surface area contributed by atoms with Gasteiger partial charge in [0.2, 0.25) is 0 Å². The average Bonchev–Trinajstić information content (AvgIpc) is 2.05. The molecule has 0 radical (unpaired) electrons. The lowest BCUT2D eigenvalue weighted by Gasteiger charge is -2.26. The van der Waals surface area contributed by atoms with Crippen LogP contribution in [0.15, 0.2) is 18.5 Å². The number of aromatic nitrogens is 1. The highest BCUT2D eigenvalue weighted by Crippen LogP contribution is 2.18. The van der Waals surface area contributed by atoms with Crippen molar-refractivity contribution in [3.8, 4) is 0 Å². The van der Waals surface area contributed by atoms with E-state index < -0.39 is 0 Å². The molecule has 0 saturated heterocycles. The van der Waals surface area contributed by atoms with Crippen molar-refractivity contribution in [3.05, 3.63) is 29.6 Å². The number of hydrogen-bond donors (Lipinski definition) is 1. The Morgan fingerprint density at radius 1 is 1.54 bits per heavy atom. The lowest BCUT2D eigenvalue weighted by Crippen LogP contribution is -2.34. The van der Waals surface area contributed by atoms with Crippen LogP contribution in [0.4, 0.5) is 0 Å². The molecule has 1 heterocycles. The van der Waals surface area contributed by atoms with Crippen LogP contribution in [0.5, 0.6) is 0 Å². The molecule has 1 aliphatic rings. The summed E-state index contributed by atoms with van der Waals surface area (Å²) in [5.74, 6) is 0. The Morgan fingerprint density at radius 3 is 3.00 bits per heavy atom. The molecule has 0 aromatic carbocycles. The molecule has 0 amide bonds. The fourth-order valence-corrected chi connectivity index (χ4v) is 1.57. The molecule has 0 aliphatic heterocycles. The van der Waals surface area contributed by atoms with Gasteiger partial charge in [-0.15, -0.1) is 0 Å². The minimum absolute atomic E-state index is 0.771. The number of nitrogens with zero attached hydrogens (tertiary/aromatic N) is 1. The van der Waals surface area contributed by atoms with Gasteiger partial charge in [-0.25, -0.2) is 0 Å². The van der Waals surface area contributed by atoms with Gasteiger partial charge in [-0.1, -0.05) is 6.42 Å². The number of hydrogen-bond acceptors (Lipinski definition) is 2. The summed E-state index contributed by atoms with van der Waals surface area (Å²) in [5, 5.41) is 3.55. The molecule has 0 atom stereocenters. The molecular weight excluding hydrogens is 160 g/mol. The summed E-state index contributed by atoms with van der Waals surface area (Å²) in [7, 11) is 0. The topological polar surface area (TPSA) is 24.9 Å². The van der Waals surface area contributed by atoms with Crippen molar-refractivity contribution < 1.29 is 0 Å². The zero-order valence-corrected chi connectivity index (χ0v) is 8.09. The smallest absolute Gasteiger partial charge is 0.0300 e. The third-order valence-corrected chi connectivity index (χ3v) is 2.82. The SMILES string of the molecule is Cc1cnccc1CNC1CCC1. The quantitative estimate of drug-likeness (QED) is 0.762. The first-order valence-electron chi connectivity index (χ1n) is 4.99. The standard InChI is InChI=1S/C11H16N2/c1-9-7-12-6-5-10(9)8-13-11-3-2-4-11/h5-7,11,13H,2-4,8H2,1H3. The van der Waals surface area contributed by atoms with Crippen LogP contribution in [0.1, 0.15) is 30.4 Å². The molecule has 13 heavy (non-hydrogen) atoms. The summed E-state index contributed by atoms with van der Waals surface area (Å²) in [4.78, 5) is 4.08. The van der Waals surface area contributed by atoms with Crippen LogP contribution in [-0.4, -0.2) is 11.0 Å². The van der Waals surface area contributed by atoms with E-state index in [1.807, 2.05) is 12.4 Å². The number of nitrogens with one attached hydrogen (secondary N) is 1. The first-order chi connectivity index (χ1) is 6.36. The Labute approximate surface area is 79.4 Å². The number of aryl methyl sites for hydroxylation is 1. The zero-order valence-electron chi connectivity index (χ0n) is 8.09. The summed E-state index contributed by atoms with van der Waals surface area (Å²) >= 11 is 0. The summed E-state index contributed by atoms with van der Waals surface area (Å²) in [6, 6.07) is 2.87. The van der Waals surface area contributed by atoms with Gasteiger partial charge in [-0.05, 0) is 37.0 Å². The molecule has 2 rings (SSSR count). The molecule has 70 valence electrons. The molecular formula is C11H16N2. The predicted octanol–water partition coefficient (Wildman–Crippen LogP) is 2.03. The van der Waals surface area contributed by atoms with Crippen LogP contribution < -0.4 is 5.32 Å². The second-order valence-electron chi connectivity index (χ2n) is 3.81. The minimum atomic E-state index is 0.771. The summed E-state index contributed by atoms with van der Waals surface area (Å²) in [6.07, 6.45) is 7.89. The monoisotopic (exact) mass is 176 g/mol. The van der Waals surface area contributed by atoms with Crippen LogP contribution in [0.3, 0.4) is 0 Å². The fourth-order valence-electron chi connectivity index (χ4n) is 1.57. The van der Waals surface area contributed by atoms with E-state index in [9.17, 15) is 0 Å². The Hall–Kier alpha value is -0.890. The molecule has 2 nitrogen and oxygen atoms in total. The fraction of sp³-hybridized carbons (Fsp3) is 0.545. The molecule has 1 aromatic rings.